The Morgan fingerprint density at radius 2 is 1.65 bits per heavy atom. The second kappa shape index (κ2) is 11.2. The van der Waals surface area contributed by atoms with Crippen molar-refractivity contribution in [3.63, 3.8) is 0 Å². The van der Waals surface area contributed by atoms with E-state index >= 15 is 0 Å². The molecule has 3 amide bonds. The minimum Gasteiger partial charge on any atom is -0.444 e. The molecule has 0 radical (unpaired) electrons. The molecule has 2 atom stereocenters. The number of hydrogen-bond acceptors (Lipinski definition) is 4. The summed E-state index contributed by atoms with van der Waals surface area (Å²) in [4.78, 5) is 40.4. The van der Waals surface area contributed by atoms with Crippen molar-refractivity contribution in [1.82, 2.24) is 10.2 Å². The highest BCUT2D eigenvalue weighted by molar-refractivity contribution is 6.01. The number of fused-ring (bicyclic) bond motifs is 1. The smallest absolute Gasteiger partial charge is 0.408 e. The maximum atomic E-state index is 13.7. The van der Waals surface area contributed by atoms with Gasteiger partial charge in [0.25, 0.3) is 11.8 Å². The van der Waals surface area contributed by atoms with Crippen molar-refractivity contribution in [1.29, 1.82) is 0 Å². The van der Waals surface area contributed by atoms with Gasteiger partial charge in [-0.25, -0.2) is 4.79 Å². The summed E-state index contributed by atoms with van der Waals surface area (Å²) >= 11 is 0. The highest BCUT2D eigenvalue weighted by Gasteiger charge is 2.35. The summed E-state index contributed by atoms with van der Waals surface area (Å²) in [6.07, 6.45) is 5.04. The number of aryl methyl sites for hydroxylation is 2. The van der Waals surface area contributed by atoms with Crippen molar-refractivity contribution >= 4 is 34.4 Å². The Labute approximate surface area is 218 Å². The third-order valence-corrected chi connectivity index (χ3v) is 5.72. The molecule has 2 N–H and O–H groups in total. The molecule has 0 fully saturated rings. The number of ether oxygens (including phenoxy) is 1. The molecule has 3 rings (SSSR count). The van der Waals surface area contributed by atoms with Gasteiger partial charge in [-0.15, -0.1) is 0 Å². The van der Waals surface area contributed by atoms with E-state index in [9.17, 15) is 14.4 Å². The van der Waals surface area contributed by atoms with Crippen LogP contribution in [0.15, 0.2) is 60.7 Å². The van der Waals surface area contributed by atoms with E-state index in [0.29, 0.717) is 11.3 Å². The number of terminal acetylenes is 1. The molecule has 3 aromatic carbocycles. The van der Waals surface area contributed by atoms with Crippen molar-refractivity contribution in [2.75, 3.05) is 5.32 Å². The van der Waals surface area contributed by atoms with Gasteiger partial charge in [-0.3, -0.25) is 14.5 Å². The summed E-state index contributed by atoms with van der Waals surface area (Å²) in [5, 5.41) is 7.42. The van der Waals surface area contributed by atoms with E-state index in [0.717, 1.165) is 26.8 Å². The van der Waals surface area contributed by atoms with E-state index in [-0.39, 0.29) is 0 Å². The van der Waals surface area contributed by atoms with Crippen LogP contribution in [-0.2, 0) is 14.3 Å². The van der Waals surface area contributed by atoms with Gasteiger partial charge < -0.3 is 15.4 Å². The predicted octanol–water partition coefficient (Wildman–Crippen LogP) is 5.47. The van der Waals surface area contributed by atoms with Crippen LogP contribution in [0.5, 0.6) is 0 Å². The maximum Gasteiger partial charge on any atom is 0.408 e. The van der Waals surface area contributed by atoms with Crippen LogP contribution >= 0.6 is 0 Å². The molecule has 0 heterocycles. The zero-order valence-electron chi connectivity index (χ0n) is 22.1. The van der Waals surface area contributed by atoms with Crippen LogP contribution in [0.1, 0.15) is 50.4 Å². The molecule has 0 spiro atoms. The molecule has 3 aromatic rings. The first-order valence-corrected chi connectivity index (χ1v) is 12.1. The number of benzene rings is 3. The quantitative estimate of drug-likeness (QED) is 0.348. The highest BCUT2D eigenvalue weighted by Crippen LogP contribution is 2.28. The molecule has 7 heteroatoms. The first-order chi connectivity index (χ1) is 17.4. The van der Waals surface area contributed by atoms with Crippen LogP contribution < -0.4 is 10.6 Å². The largest absolute Gasteiger partial charge is 0.444 e. The number of amides is 3. The topological polar surface area (TPSA) is 87.7 Å². The van der Waals surface area contributed by atoms with E-state index in [1.165, 1.54) is 6.92 Å². The van der Waals surface area contributed by atoms with Gasteiger partial charge in [-0.05, 0) is 75.6 Å². The molecule has 0 aliphatic rings. The van der Waals surface area contributed by atoms with Gasteiger partial charge >= 0.3 is 6.09 Å². The van der Waals surface area contributed by atoms with Gasteiger partial charge in [0.1, 0.15) is 17.7 Å². The van der Waals surface area contributed by atoms with E-state index in [1.54, 1.807) is 32.9 Å². The molecule has 0 saturated heterocycles. The second-order valence-corrected chi connectivity index (χ2v) is 10.0. The highest BCUT2D eigenvalue weighted by atomic mass is 16.6. The number of hydrogen-bond donors (Lipinski definition) is 2. The van der Waals surface area contributed by atoms with Gasteiger partial charge in [0, 0.05) is 11.7 Å². The van der Waals surface area contributed by atoms with Crippen molar-refractivity contribution in [2.24, 2.45) is 0 Å². The van der Waals surface area contributed by atoms with E-state index in [1.807, 2.05) is 62.4 Å². The van der Waals surface area contributed by atoms with E-state index in [2.05, 4.69) is 16.7 Å². The predicted molar refractivity (Wildman–Crippen MR) is 146 cm³/mol. The van der Waals surface area contributed by atoms with Gasteiger partial charge in [0.15, 0.2) is 0 Å². The molecule has 7 nitrogen and oxygen atoms in total. The first-order valence-electron chi connectivity index (χ1n) is 12.1. The SMILES string of the molecule is C#CN(C(=O)C(C)NC(=O)OC(C)(C)C)C(C(=O)Nc1ccc2ccccc2c1)c1ccc(C)cc1C. The Kier molecular flexibility index (Phi) is 8.24. The normalized spacial score (nSPS) is 12.7. The van der Waals surface area contributed by atoms with Gasteiger partial charge in [-0.1, -0.05) is 60.5 Å². The Morgan fingerprint density at radius 1 is 0.973 bits per heavy atom. The van der Waals surface area contributed by atoms with Crippen LogP contribution in [0.2, 0.25) is 0 Å². The molecular formula is C30H33N3O4. The van der Waals surface area contributed by atoms with Gasteiger partial charge in [0.05, 0.1) is 0 Å². The number of carbonyl (C=O) groups is 3. The van der Waals surface area contributed by atoms with Crippen LogP contribution in [0.3, 0.4) is 0 Å². The van der Waals surface area contributed by atoms with Crippen LogP contribution in [0.25, 0.3) is 10.8 Å². The molecule has 0 aliphatic carbocycles. The number of nitrogens with zero attached hydrogens (tertiary/aromatic N) is 1. The minimum absolute atomic E-state index is 0.474. The zero-order chi connectivity index (χ0) is 27.3. The third-order valence-electron chi connectivity index (χ3n) is 5.72. The summed E-state index contributed by atoms with van der Waals surface area (Å²) in [7, 11) is 0. The molecule has 0 bridgehead atoms. The number of anilines is 1. The summed E-state index contributed by atoms with van der Waals surface area (Å²) in [5.74, 6) is -1.09. The summed E-state index contributed by atoms with van der Waals surface area (Å²) in [6.45, 7) is 10.5. The fraction of sp³-hybridized carbons (Fsp3) is 0.300. The van der Waals surface area contributed by atoms with Crippen LogP contribution in [0, 0.1) is 26.3 Å². The fourth-order valence-electron chi connectivity index (χ4n) is 4.03. The van der Waals surface area contributed by atoms with Crippen molar-refractivity contribution in [2.45, 2.75) is 59.2 Å². The molecular weight excluding hydrogens is 466 g/mol. The maximum absolute atomic E-state index is 13.7. The first kappa shape index (κ1) is 27.3. The molecule has 192 valence electrons. The fourth-order valence-corrected chi connectivity index (χ4v) is 4.03. The lowest BCUT2D eigenvalue weighted by molar-refractivity contribution is -0.136. The molecule has 0 saturated carbocycles. The van der Waals surface area contributed by atoms with Crippen molar-refractivity contribution in [3.05, 3.63) is 77.4 Å². The number of rotatable bonds is 6. The number of carbonyl (C=O) groups excluding carboxylic acids is 3. The van der Waals surface area contributed by atoms with Gasteiger partial charge in [0.2, 0.25) is 0 Å². The third kappa shape index (κ3) is 6.89. The molecule has 2 unspecified atom stereocenters. The number of nitrogens with one attached hydrogen (secondary N) is 2. The zero-order valence-corrected chi connectivity index (χ0v) is 22.1. The standard InChI is InChI=1S/C30H33N3O4/c1-8-33(28(35)21(4)31-29(36)37-30(5,6)7)26(25-16-13-19(2)17-20(25)3)27(34)32-24-15-14-22-11-9-10-12-23(22)18-24/h1,9-18,21,26H,2-7H3,(H,31,36)(H,32,34). The minimum atomic E-state index is -1.13. The molecule has 0 aliphatic heterocycles. The Balaban J connectivity index is 1.94. The van der Waals surface area contributed by atoms with Gasteiger partial charge in [-0.2, -0.15) is 0 Å². The number of alkyl carbamates (subject to hydrolysis) is 1. The molecule has 37 heavy (non-hydrogen) atoms. The summed E-state index contributed by atoms with van der Waals surface area (Å²) in [5.41, 5.74) is 2.23. The van der Waals surface area contributed by atoms with E-state index < -0.39 is 35.6 Å². The average Bonchev–Trinajstić information content (AvgIpc) is 2.81. The second-order valence-electron chi connectivity index (χ2n) is 10.0. The lowest BCUT2D eigenvalue weighted by Gasteiger charge is -2.30. The monoisotopic (exact) mass is 499 g/mol. The van der Waals surface area contributed by atoms with E-state index in [4.69, 9.17) is 11.2 Å². The van der Waals surface area contributed by atoms with Crippen molar-refractivity contribution in [3.8, 4) is 12.5 Å². The lowest BCUT2D eigenvalue weighted by atomic mass is 9.96. The van der Waals surface area contributed by atoms with Crippen LogP contribution in [-0.4, -0.2) is 34.5 Å². The average molecular weight is 500 g/mol. The lowest BCUT2D eigenvalue weighted by Crippen LogP contribution is -2.49. The van der Waals surface area contributed by atoms with Crippen molar-refractivity contribution < 1.29 is 19.1 Å². The summed E-state index contributed by atoms with van der Waals surface area (Å²) in [6, 6.07) is 19.2. The Morgan fingerprint density at radius 3 is 2.27 bits per heavy atom. The molecule has 0 aromatic heterocycles. The van der Waals surface area contributed by atoms with Crippen LogP contribution in [0.4, 0.5) is 10.5 Å². The summed E-state index contributed by atoms with van der Waals surface area (Å²) < 4.78 is 5.26. The Bertz CT molecular complexity index is 1370. The Hall–Kier alpha value is -4.31.